The second-order valence-electron chi connectivity index (χ2n) is 4.54. The van der Waals surface area contributed by atoms with E-state index in [1.165, 1.54) is 6.33 Å². The van der Waals surface area contributed by atoms with Gasteiger partial charge in [-0.3, -0.25) is 5.32 Å². The minimum Gasteiger partial charge on any atom is -0.321 e. The van der Waals surface area contributed by atoms with Gasteiger partial charge < -0.3 is 4.57 Å². The zero-order chi connectivity index (χ0) is 15.0. The molecule has 1 rings (SSSR count). The quantitative estimate of drug-likeness (QED) is 0.812. The predicted molar refractivity (Wildman–Crippen MR) is 73.2 cm³/mol. The summed E-state index contributed by atoms with van der Waals surface area (Å²) in [4.78, 5) is 3.90. The highest BCUT2D eigenvalue weighted by atomic mass is 15.1. The van der Waals surface area contributed by atoms with E-state index in [-0.39, 0.29) is 11.4 Å². The van der Waals surface area contributed by atoms with Crippen LogP contribution in [-0.2, 0) is 6.54 Å². The summed E-state index contributed by atoms with van der Waals surface area (Å²) in [5, 5.41) is 30.4. The Kier molecular flexibility index (Phi) is 5.72. The largest absolute Gasteiger partial charge is 0.321 e. The van der Waals surface area contributed by atoms with Crippen molar-refractivity contribution in [3.05, 3.63) is 17.7 Å². The summed E-state index contributed by atoms with van der Waals surface area (Å²) < 4.78 is 1.67. The highest BCUT2D eigenvalue weighted by Gasteiger charge is 2.26. The molecule has 1 aromatic heterocycles. The molecule has 0 fully saturated rings. The summed E-state index contributed by atoms with van der Waals surface area (Å²) in [5.74, 6) is 0. The Morgan fingerprint density at radius 1 is 1.30 bits per heavy atom. The number of nitriles is 3. The normalized spacial score (nSPS) is 12.9. The molecule has 1 N–H and O–H groups in total. The van der Waals surface area contributed by atoms with Crippen molar-refractivity contribution in [2.75, 3.05) is 6.54 Å². The summed E-state index contributed by atoms with van der Waals surface area (Å²) in [6.07, 6.45) is 3.67. The molecular formula is C14H18N6. The lowest BCUT2D eigenvalue weighted by molar-refractivity contribution is 0.362. The van der Waals surface area contributed by atoms with Crippen molar-refractivity contribution in [2.45, 2.75) is 45.2 Å². The van der Waals surface area contributed by atoms with Crippen LogP contribution >= 0.6 is 0 Å². The molecule has 0 aliphatic rings. The molecule has 0 radical (unpaired) electrons. The van der Waals surface area contributed by atoms with Gasteiger partial charge in [-0.1, -0.05) is 13.8 Å². The van der Waals surface area contributed by atoms with E-state index in [0.29, 0.717) is 13.0 Å². The zero-order valence-electron chi connectivity index (χ0n) is 11.8. The van der Waals surface area contributed by atoms with E-state index in [1.807, 2.05) is 26.0 Å². The van der Waals surface area contributed by atoms with Crippen molar-refractivity contribution in [2.24, 2.45) is 0 Å². The minimum absolute atomic E-state index is 0.154. The molecule has 0 aliphatic heterocycles. The molecular weight excluding hydrogens is 252 g/mol. The Balaban J connectivity index is 2.70. The average molecular weight is 270 g/mol. The Labute approximate surface area is 119 Å². The number of nitrogens with zero attached hydrogens (tertiary/aromatic N) is 5. The zero-order valence-corrected chi connectivity index (χ0v) is 11.8. The second-order valence-corrected chi connectivity index (χ2v) is 4.54. The van der Waals surface area contributed by atoms with Gasteiger partial charge in [-0.05, 0) is 25.8 Å². The molecule has 0 bridgehead atoms. The SMILES string of the molecule is CCNC(C#N)(CC)CCCn1cnc(C#N)c1C#N. The van der Waals surface area contributed by atoms with Crippen molar-refractivity contribution in [3.63, 3.8) is 0 Å². The van der Waals surface area contributed by atoms with Crippen molar-refractivity contribution in [3.8, 4) is 18.2 Å². The van der Waals surface area contributed by atoms with Crippen LogP contribution in [0.3, 0.4) is 0 Å². The first-order valence-corrected chi connectivity index (χ1v) is 6.68. The van der Waals surface area contributed by atoms with Gasteiger partial charge in [-0.15, -0.1) is 0 Å². The van der Waals surface area contributed by atoms with Crippen LogP contribution < -0.4 is 5.32 Å². The maximum atomic E-state index is 9.32. The minimum atomic E-state index is -0.514. The molecule has 0 amide bonds. The molecule has 6 heteroatoms. The first kappa shape index (κ1) is 15.7. The Hall–Kier alpha value is -2.36. The van der Waals surface area contributed by atoms with Crippen LogP contribution in [0, 0.1) is 34.0 Å². The van der Waals surface area contributed by atoms with Gasteiger partial charge in [0.1, 0.15) is 17.7 Å². The van der Waals surface area contributed by atoms with Gasteiger partial charge in [-0.2, -0.15) is 15.8 Å². The van der Waals surface area contributed by atoms with Crippen LogP contribution in [0.2, 0.25) is 0 Å². The smallest absolute Gasteiger partial charge is 0.176 e. The van der Waals surface area contributed by atoms with Crippen LogP contribution in [0.4, 0.5) is 0 Å². The van der Waals surface area contributed by atoms with E-state index in [1.54, 1.807) is 4.57 Å². The van der Waals surface area contributed by atoms with E-state index in [2.05, 4.69) is 16.4 Å². The first-order valence-electron chi connectivity index (χ1n) is 6.68. The molecule has 0 saturated carbocycles. The molecule has 1 atom stereocenters. The molecule has 0 aromatic carbocycles. The van der Waals surface area contributed by atoms with Crippen molar-refractivity contribution in [1.29, 1.82) is 15.8 Å². The molecule has 6 nitrogen and oxygen atoms in total. The standard InChI is InChI=1S/C14H18N6/c1-3-14(10-17,19-4-2)6-5-7-20-11-18-12(8-15)13(20)9-16/h11,19H,3-7H2,1-2H3. The maximum absolute atomic E-state index is 9.32. The van der Waals surface area contributed by atoms with Gasteiger partial charge in [0, 0.05) is 6.54 Å². The Morgan fingerprint density at radius 3 is 2.55 bits per heavy atom. The number of rotatable bonds is 7. The van der Waals surface area contributed by atoms with Crippen molar-refractivity contribution < 1.29 is 0 Å². The third-order valence-electron chi connectivity index (χ3n) is 3.38. The number of imidazole rings is 1. The van der Waals surface area contributed by atoms with Crippen LogP contribution in [-0.4, -0.2) is 21.6 Å². The number of aryl methyl sites for hydroxylation is 1. The van der Waals surface area contributed by atoms with Crippen molar-refractivity contribution in [1.82, 2.24) is 14.9 Å². The molecule has 0 saturated heterocycles. The number of hydrogen-bond acceptors (Lipinski definition) is 5. The third-order valence-corrected chi connectivity index (χ3v) is 3.38. The van der Waals surface area contributed by atoms with Gasteiger partial charge in [0.2, 0.25) is 0 Å². The van der Waals surface area contributed by atoms with Gasteiger partial charge in [0.05, 0.1) is 12.4 Å². The van der Waals surface area contributed by atoms with E-state index < -0.39 is 5.54 Å². The number of aromatic nitrogens is 2. The van der Waals surface area contributed by atoms with E-state index in [9.17, 15) is 5.26 Å². The topological polar surface area (TPSA) is 101 Å². The fraction of sp³-hybridized carbons (Fsp3) is 0.571. The molecule has 104 valence electrons. The van der Waals surface area contributed by atoms with Gasteiger partial charge in [-0.25, -0.2) is 4.98 Å². The number of nitrogens with one attached hydrogen (secondary N) is 1. The monoisotopic (exact) mass is 270 g/mol. The maximum Gasteiger partial charge on any atom is 0.176 e. The van der Waals surface area contributed by atoms with Gasteiger partial charge in [0.15, 0.2) is 11.4 Å². The van der Waals surface area contributed by atoms with Crippen LogP contribution in [0.15, 0.2) is 6.33 Å². The summed E-state index contributed by atoms with van der Waals surface area (Å²) in [5.41, 5.74) is -0.0727. The summed E-state index contributed by atoms with van der Waals surface area (Å²) in [6, 6.07) is 6.23. The second kappa shape index (κ2) is 7.28. The summed E-state index contributed by atoms with van der Waals surface area (Å²) in [6.45, 7) is 5.28. The number of hydrogen-bond donors (Lipinski definition) is 1. The first-order chi connectivity index (χ1) is 9.66. The lowest BCUT2D eigenvalue weighted by Gasteiger charge is -2.26. The highest BCUT2D eigenvalue weighted by Crippen LogP contribution is 2.18. The van der Waals surface area contributed by atoms with Gasteiger partial charge in [0.25, 0.3) is 0 Å². The average Bonchev–Trinajstić information content (AvgIpc) is 2.88. The molecule has 1 aromatic rings. The third kappa shape index (κ3) is 3.35. The molecule has 20 heavy (non-hydrogen) atoms. The van der Waals surface area contributed by atoms with Crippen LogP contribution in [0.5, 0.6) is 0 Å². The van der Waals surface area contributed by atoms with Crippen LogP contribution in [0.1, 0.15) is 44.5 Å². The molecule has 1 unspecified atom stereocenters. The fourth-order valence-corrected chi connectivity index (χ4v) is 2.21. The molecule has 1 heterocycles. The lowest BCUT2D eigenvalue weighted by atomic mass is 9.92. The highest BCUT2D eigenvalue weighted by molar-refractivity contribution is 5.35. The van der Waals surface area contributed by atoms with Crippen molar-refractivity contribution >= 4 is 0 Å². The van der Waals surface area contributed by atoms with E-state index >= 15 is 0 Å². The predicted octanol–water partition coefficient (Wildman–Crippen LogP) is 1.69. The Bertz CT molecular complexity index is 568. The van der Waals surface area contributed by atoms with Crippen LogP contribution in [0.25, 0.3) is 0 Å². The van der Waals surface area contributed by atoms with Gasteiger partial charge >= 0.3 is 0 Å². The van der Waals surface area contributed by atoms with E-state index in [4.69, 9.17) is 10.5 Å². The van der Waals surface area contributed by atoms with E-state index in [0.717, 1.165) is 19.4 Å². The summed E-state index contributed by atoms with van der Waals surface area (Å²) in [7, 11) is 0. The molecule has 0 aliphatic carbocycles. The lowest BCUT2D eigenvalue weighted by Crippen LogP contribution is -2.43. The fourth-order valence-electron chi connectivity index (χ4n) is 2.21. The molecule has 0 spiro atoms. The Morgan fingerprint density at radius 2 is 2.05 bits per heavy atom. The summed E-state index contributed by atoms with van der Waals surface area (Å²) >= 11 is 0.